The number of rotatable bonds is 3. The van der Waals surface area contributed by atoms with Gasteiger partial charge in [0.15, 0.2) is 11.2 Å². The summed E-state index contributed by atoms with van der Waals surface area (Å²) >= 11 is 0. The van der Waals surface area contributed by atoms with Gasteiger partial charge in [0.2, 0.25) is 0 Å². The lowest BCUT2D eigenvalue weighted by atomic mass is 9.89. The van der Waals surface area contributed by atoms with Crippen molar-refractivity contribution in [2.75, 3.05) is 0 Å². The van der Waals surface area contributed by atoms with E-state index in [9.17, 15) is 36.6 Å². The summed E-state index contributed by atoms with van der Waals surface area (Å²) < 4.78 is 78.0. The molecule has 26 heavy (non-hydrogen) atoms. The van der Waals surface area contributed by atoms with Gasteiger partial charge in [-0.3, -0.25) is 0 Å². The smallest absolute Gasteiger partial charge is 0.376 e. The highest BCUT2D eigenvalue weighted by Crippen LogP contribution is 2.41. The molecule has 0 aliphatic heterocycles. The van der Waals surface area contributed by atoms with Crippen LogP contribution in [-0.2, 0) is 11.2 Å². The highest BCUT2D eigenvalue weighted by molar-refractivity contribution is 5.65. The molecule has 2 aromatic carbocycles. The monoisotopic (exact) mass is 378 g/mol. The van der Waals surface area contributed by atoms with Crippen molar-refractivity contribution in [2.24, 2.45) is 0 Å². The first-order valence-electron chi connectivity index (χ1n) is 7.47. The Morgan fingerprint density at radius 3 is 1.19 bits per heavy atom. The molecule has 2 atom stereocenters. The second-order valence-electron chi connectivity index (χ2n) is 6.30. The van der Waals surface area contributed by atoms with Crippen LogP contribution in [-0.4, -0.2) is 22.6 Å². The van der Waals surface area contributed by atoms with E-state index >= 15 is 0 Å². The molecule has 0 saturated carbocycles. The molecule has 0 heterocycles. The number of hydrogen-bond donors (Lipinski definition) is 2. The summed E-state index contributed by atoms with van der Waals surface area (Å²) in [5.41, 5.74) is -6.78. The first-order chi connectivity index (χ1) is 11.7. The molecule has 0 bridgehead atoms. The first-order valence-corrected chi connectivity index (χ1v) is 7.47. The molecule has 0 saturated heterocycles. The zero-order valence-corrected chi connectivity index (χ0v) is 13.8. The average Bonchev–Trinajstić information content (AvgIpc) is 2.53. The normalized spacial score (nSPS) is 17.5. The average molecular weight is 378 g/mol. The predicted octanol–water partition coefficient (Wildman–Crippen LogP) is 4.89. The van der Waals surface area contributed by atoms with Gasteiger partial charge in [-0.25, -0.2) is 0 Å². The summed E-state index contributed by atoms with van der Waals surface area (Å²) in [6.07, 6.45) is -9.85. The van der Waals surface area contributed by atoms with Crippen LogP contribution in [0.3, 0.4) is 0 Å². The molecule has 0 amide bonds. The Kier molecular flexibility index (Phi) is 4.89. The third-order valence-electron chi connectivity index (χ3n) is 4.29. The van der Waals surface area contributed by atoms with E-state index in [0.29, 0.717) is 13.8 Å². The fourth-order valence-electron chi connectivity index (χ4n) is 2.33. The van der Waals surface area contributed by atoms with E-state index in [4.69, 9.17) is 0 Å². The van der Waals surface area contributed by atoms with Gasteiger partial charge in [-0.05, 0) is 48.2 Å². The molecule has 0 aliphatic carbocycles. The van der Waals surface area contributed by atoms with Gasteiger partial charge in [0, 0.05) is 0 Å². The van der Waals surface area contributed by atoms with Gasteiger partial charge in [0.25, 0.3) is 0 Å². The van der Waals surface area contributed by atoms with Gasteiger partial charge in [0.05, 0.1) is 0 Å². The van der Waals surface area contributed by atoms with Crippen molar-refractivity contribution in [1.29, 1.82) is 0 Å². The van der Waals surface area contributed by atoms with Crippen molar-refractivity contribution < 1.29 is 36.6 Å². The summed E-state index contributed by atoms with van der Waals surface area (Å²) in [7, 11) is 0. The lowest BCUT2D eigenvalue weighted by Gasteiger charge is -2.28. The molecule has 0 aliphatic rings. The largest absolute Gasteiger partial charge is 0.421 e. The molecule has 142 valence electrons. The molecule has 0 spiro atoms. The Hall–Kier alpha value is -2.06. The van der Waals surface area contributed by atoms with Crippen LogP contribution in [0.2, 0.25) is 0 Å². The molecular weight excluding hydrogens is 362 g/mol. The molecule has 0 fully saturated rings. The van der Waals surface area contributed by atoms with Crippen molar-refractivity contribution in [3.8, 4) is 11.1 Å². The summed E-state index contributed by atoms with van der Waals surface area (Å²) in [5, 5.41) is 19.5. The van der Waals surface area contributed by atoms with Gasteiger partial charge in [-0.2, -0.15) is 26.3 Å². The second-order valence-corrected chi connectivity index (χ2v) is 6.30. The Morgan fingerprint density at radius 2 is 0.923 bits per heavy atom. The molecular formula is C18H16F6O2. The molecule has 0 aromatic heterocycles. The quantitative estimate of drug-likeness (QED) is 0.747. The zero-order valence-electron chi connectivity index (χ0n) is 13.8. The Balaban J connectivity index is 2.52. The van der Waals surface area contributed by atoms with E-state index in [1.165, 1.54) is 24.3 Å². The minimum Gasteiger partial charge on any atom is -0.376 e. The molecule has 0 radical (unpaired) electrons. The first kappa shape index (κ1) is 20.3. The van der Waals surface area contributed by atoms with Crippen LogP contribution in [0, 0.1) is 0 Å². The minimum atomic E-state index is -4.92. The molecule has 2 unspecified atom stereocenters. The fraction of sp³-hybridized carbons (Fsp3) is 0.333. The van der Waals surface area contributed by atoms with Crippen LogP contribution in [0.1, 0.15) is 25.0 Å². The van der Waals surface area contributed by atoms with Gasteiger partial charge in [-0.15, -0.1) is 0 Å². The molecule has 2 N–H and O–H groups in total. The number of halogens is 6. The standard InChI is InChI=1S/C18H16F6O2/c1-15(25,17(19,20)21)13-7-3-5-11(9-13)12-6-4-8-14(10-12)16(2,26)18(22,23)24/h3-10,25-26H,1-2H3. The van der Waals surface area contributed by atoms with Crippen LogP contribution >= 0.6 is 0 Å². The van der Waals surface area contributed by atoms with Crippen LogP contribution in [0.15, 0.2) is 48.5 Å². The number of alkyl halides is 6. The number of benzene rings is 2. The Labute approximate surface area is 145 Å². The van der Waals surface area contributed by atoms with Crippen LogP contribution in [0.4, 0.5) is 26.3 Å². The maximum atomic E-state index is 13.0. The third kappa shape index (κ3) is 3.57. The number of aliphatic hydroxyl groups is 2. The lowest BCUT2D eigenvalue weighted by Crippen LogP contribution is -2.39. The van der Waals surface area contributed by atoms with Gasteiger partial charge >= 0.3 is 12.4 Å². The van der Waals surface area contributed by atoms with Crippen LogP contribution in [0.5, 0.6) is 0 Å². The highest BCUT2D eigenvalue weighted by Gasteiger charge is 2.52. The van der Waals surface area contributed by atoms with E-state index < -0.39 is 34.7 Å². The van der Waals surface area contributed by atoms with Crippen molar-refractivity contribution in [1.82, 2.24) is 0 Å². The summed E-state index contributed by atoms with van der Waals surface area (Å²) in [6, 6.07) is 9.58. The fourth-order valence-corrected chi connectivity index (χ4v) is 2.33. The topological polar surface area (TPSA) is 40.5 Å². The van der Waals surface area contributed by atoms with Gasteiger partial charge in [0.1, 0.15) is 0 Å². The van der Waals surface area contributed by atoms with E-state index in [-0.39, 0.29) is 11.1 Å². The van der Waals surface area contributed by atoms with Crippen LogP contribution in [0.25, 0.3) is 11.1 Å². The van der Waals surface area contributed by atoms with Crippen molar-refractivity contribution in [3.63, 3.8) is 0 Å². The molecule has 2 nitrogen and oxygen atoms in total. The maximum Gasteiger partial charge on any atom is 0.421 e. The third-order valence-corrected chi connectivity index (χ3v) is 4.29. The summed E-state index contributed by atoms with van der Waals surface area (Å²) in [4.78, 5) is 0. The van der Waals surface area contributed by atoms with Crippen molar-refractivity contribution in [3.05, 3.63) is 59.7 Å². The summed E-state index contributed by atoms with van der Waals surface area (Å²) in [6.45, 7) is 1.19. The molecule has 2 aromatic rings. The zero-order chi connectivity index (χ0) is 20.0. The second kappa shape index (κ2) is 6.28. The molecule has 2 rings (SSSR count). The van der Waals surface area contributed by atoms with E-state index in [2.05, 4.69) is 0 Å². The SMILES string of the molecule is CC(O)(c1cccc(-c2cccc(C(C)(O)C(F)(F)F)c2)c1)C(F)(F)F. The molecule has 8 heteroatoms. The van der Waals surface area contributed by atoms with E-state index in [1.807, 2.05) is 0 Å². The van der Waals surface area contributed by atoms with Gasteiger partial charge in [-0.1, -0.05) is 36.4 Å². The van der Waals surface area contributed by atoms with Crippen LogP contribution < -0.4 is 0 Å². The van der Waals surface area contributed by atoms with E-state index in [1.54, 1.807) is 0 Å². The number of hydrogen-bond acceptors (Lipinski definition) is 2. The maximum absolute atomic E-state index is 13.0. The summed E-state index contributed by atoms with van der Waals surface area (Å²) in [5.74, 6) is 0. The lowest BCUT2D eigenvalue weighted by molar-refractivity contribution is -0.259. The van der Waals surface area contributed by atoms with Crippen molar-refractivity contribution >= 4 is 0 Å². The predicted molar refractivity (Wildman–Crippen MR) is 83.1 cm³/mol. The van der Waals surface area contributed by atoms with E-state index in [0.717, 1.165) is 24.3 Å². The highest BCUT2D eigenvalue weighted by atomic mass is 19.4. The Morgan fingerprint density at radius 1 is 0.615 bits per heavy atom. The minimum absolute atomic E-state index is 0.173. The van der Waals surface area contributed by atoms with Crippen molar-refractivity contribution in [2.45, 2.75) is 37.4 Å². The Bertz CT molecular complexity index is 723. The van der Waals surface area contributed by atoms with Gasteiger partial charge < -0.3 is 10.2 Å².